The normalized spacial score (nSPS) is 11.2. The summed E-state index contributed by atoms with van der Waals surface area (Å²) in [5, 5.41) is -0.268. The second-order valence-corrected chi connectivity index (χ2v) is 10.0. The van der Waals surface area contributed by atoms with Crippen molar-refractivity contribution in [1.29, 1.82) is 0 Å². The fraction of sp³-hybridized carbons (Fsp3) is 0.148. The summed E-state index contributed by atoms with van der Waals surface area (Å²) in [4.78, 5) is 21.6. The fourth-order valence-corrected chi connectivity index (χ4v) is 4.74. The third-order valence-corrected chi connectivity index (χ3v) is 6.78. The van der Waals surface area contributed by atoms with Crippen molar-refractivity contribution in [2.24, 2.45) is 5.73 Å². The van der Waals surface area contributed by atoms with Crippen LogP contribution in [0, 0.1) is 20.8 Å². The van der Waals surface area contributed by atoms with E-state index in [1.54, 1.807) is 12.1 Å². The van der Waals surface area contributed by atoms with Crippen molar-refractivity contribution < 1.29 is 17.9 Å². The monoisotopic (exact) mass is 502 g/mol. The average molecular weight is 503 g/mol. The highest BCUT2D eigenvalue weighted by molar-refractivity contribution is 7.90. The zero-order chi connectivity index (χ0) is 25.9. The topological polar surface area (TPSA) is 124 Å². The number of sulfonamides is 1. The van der Waals surface area contributed by atoms with Crippen LogP contribution in [0.1, 0.15) is 32.6 Å². The second kappa shape index (κ2) is 10.3. The maximum Gasteiger partial charge on any atom is 0.281 e. The van der Waals surface area contributed by atoms with Crippen LogP contribution >= 0.6 is 0 Å². The number of nitrogens with two attached hydrogens (primary N) is 1. The molecule has 4 aromatic rings. The molecule has 8 nitrogen and oxygen atoms in total. The highest BCUT2D eigenvalue weighted by Crippen LogP contribution is 2.32. The first kappa shape index (κ1) is 25.0. The summed E-state index contributed by atoms with van der Waals surface area (Å²) >= 11 is 0. The molecule has 0 aliphatic heterocycles. The molecule has 184 valence electrons. The van der Waals surface area contributed by atoms with E-state index in [1.807, 2.05) is 57.2 Å². The van der Waals surface area contributed by atoms with Gasteiger partial charge in [-0.15, -0.1) is 0 Å². The summed E-state index contributed by atoms with van der Waals surface area (Å²) in [7, 11) is -4.20. The van der Waals surface area contributed by atoms with Crippen molar-refractivity contribution in [3.8, 4) is 22.9 Å². The number of hydrogen-bond acceptors (Lipinski definition) is 7. The molecule has 0 fully saturated rings. The van der Waals surface area contributed by atoms with E-state index < -0.39 is 15.9 Å². The van der Waals surface area contributed by atoms with Crippen LogP contribution < -0.4 is 15.2 Å². The van der Waals surface area contributed by atoms with Crippen LogP contribution in [0.5, 0.6) is 11.6 Å². The fourth-order valence-electron chi connectivity index (χ4n) is 3.82. The quantitative estimate of drug-likeness (QED) is 0.383. The lowest BCUT2D eigenvalue weighted by molar-refractivity contribution is 0.0978. The van der Waals surface area contributed by atoms with Gasteiger partial charge in [-0.25, -0.2) is 14.7 Å². The van der Waals surface area contributed by atoms with Crippen molar-refractivity contribution in [2.75, 3.05) is 0 Å². The molecule has 0 saturated heterocycles. The number of aryl methyl sites for hydroxylation is 3. The Morgan fingerprint density at radius 1 is 0.972 bits per heavy atom. The molecule has 0 aliphatic rings. The summed E-state index contributed by atoms with van der Waals surface area (Å²) in [5.41, 5.74) is 10.8. The minimum Gasteiger partial charge on any atom is -0.438 e. The summed E-state index contributed by atoms with van der Waals surface area (Å²) in [6.45, 7) is 6.19. The third-order valence-electron chi connectivity index (χ3n) is 5.53. The number of amides is 1. The van der Waals surface area contributed by atoms with Gasteiger partial charge in [0.05, 0.1) is 5.69 Å². The molecule has 0 saturated carbocycles. The second-order valence-electron chi connectivity index (χ2n) is 8.38. The van der Waals surface area contributed by atoms with Gasteiger partial charge in [-0.3, -0.25) is 4.79 Å². The average Bonchev–Trinajstić information content (AvgIpc) is 2.86. The molecule has 0 spiro atoms. The molecule has 2 heterocycles. The molecule has 0 unspecified atom stereocenters. The first-order valence-electron chi connectivity index (χ1n) is 11.2. The Bertz CT molecular complexity index is 1500. The SMILES string of the molecule is Cc1cc(C)c(Oc2nc(-c3ccc(CN)cc3)ccc2C(=O)NS(=O)(=O)c2ccccn2)c(C)c1. The van der Waals surface area contributed by atoms with E-state index in [0.29, 0.717) is 18.0 Å². The zero-order valence-electron chi connectivity index (χ0n) is 20.1. The highest BCUT2D eigenvalue weighted by atomic mass is 32.2. The molecule has 1 amide bonds. The van der Waals surface area contributed by atoms with Gasteiger partial charge in [-0.2, -0.15) is 8.42 Å². The van der Waals surface area contributed by atoms with Crippen LogP contribution in [0.15, 0.2) is 78.0 Å². The van der Waals surface area contributed by atoms with Crippen molar-refractivity contribution in [3.63, 3.8) is 0 Å². The Balaban J connectivity index is 1.77. The van der Waals surface area contributed by atoms with Crippen LogP contribution in [0.25, 0.3) is 11.3 Å². The molecule has 0 bridgehead atoms. The molecule has 0 radical (unpaired) electrons. The van der Waals surface area contributed by atoms with Crippen LogP contribution in [-0.4, -0.2) is 24.3 Å². The standard InChI is InChI=1S/C27H26N4O4S/c1-17-14-18(2)25(19(3)15-17)35-27-22(26(32)31-36(33,34)24-6-4-5-13-29-24)11-12-23(30-27)21-9-7-20(16-28)8-10-21/h4-15H,16,28H2,1-3H3,(H,31,32). The Morgan fingerprint density at radius 2 is 1.67 bits per heavy atom. The highest BCUT2D eigenvalue weighted by Gasteiger charge is 2.24. The lowest BCUT2D eigenvalue weighted by Crippen LogP contribution is -2.31. The van der Waals surface area contributed by atoms with Gasteiger partial charge in [0.2, 0.25) is 5.88 Å². The van der Waals surface area contributed by atoms with Gasteiger partial charge < -0.3 is 10.5 Å². The van der Waals surface area contributed by atoms with Gasteiger partial charge in [0.15, 0.2) is 5.03 Å². The van der Waals surface area contributed by atoms with Crippen LogP contribution in [0.2, 0.25) is 0 Å². The van der Waals surface area contributed by atoms with Gasteiger partial charge in [0, 0.05) is 18.3 Å². The largest absolute Gasteiger partial charge is 0.438 e. The lowest BCUT2D eigenvalue weighted by Gasteiger charge is -2.16. The number of aromatic nitrogens is 2. The Kier molecular flexibility index (Phi) is 7.14. The van der Waals surface area contributed by atoms with E-state index in [9.17, 15) is 13.2 Å². The number of pyridine rings is 2. The predicted octanol–water partition coefficient (Wildman–Crippen LogP) is 4.44. The van der Waals surface area contributed by atoms with Gasteiger partial charge in [0.25, 0.3) is 15.9 Å². The first-order valence-corrected chi connectivity index (χ1v) is 12.7. The van der Waals surface area contributed by atoms with E-state index >= 15 is 0 Å². The number of nitrogens with zero attached hydrogens (tertiary/aromatic N) is 2. The minimum atomic E-state index is -4.20. The Morgan fingerprint density at radius 3 is 2.28 bits per heavy atom. The van der Waals surface area contributed by atoms with E-state index in [4.69, 9.17) is 10.5 Å². The number of rotatable bonds is 7. The summed E-state index contributed by atoms with van der Waals surface area (Å²) in [6.07, 6.45) is 1.34. The smallest absolute Gasteiger partial charge is 0.281 e. The van der Waals surface area contributed by atoms with Gasteiger partial charge in [-0.1, -0.05) is 48.0 Å². The van der Waals surface area contributed by atoms with Crippen molar-refractivity contribution in [1.82, 2.24) is 14.7 Å². The van der Waals surface area contributed by atoms with Gasteiger partial charge in [-0.05, 0) is 61.7 Å². The summed E-state index contributed by atoms with van der Waals surface area (Å²) in [5.74, 6) is -0.347. The molecule has 3 N–H and O–H groups in total. The number of ether oxygens (including phenoxy) is 1. The van der Waals surface area contributed by atoms with Gasteiger partial charge in [0.1, 0.15) is 11.3 Å². The number of nitrogens with one attached hydrogen (secondary N) is 1. The molecule has 0 atom stereocenters. The maximum atomic E-state index is 13.1. The predicted molar refractivity (Wildman–Crippen MR) is 137 cm³/mol. The number of benzene rings is 2. The Labute approximate surface area is 210 Å². The zero-order valence-corrected chi connectivity index (χ0v) is 21.0. The van der Waals surface area contributed by atoms with Crippen molar-refractivity contribution in [2.45, 2.75) is 32.3 Å². The maximum absolute atomic E-state index is 13.1. The van der Waals surface area contributed by atoms with E-state index in [-0.39, 0.29) is 16.5 Å². The number of carbonyl (C=O) groups excluding carboxylic acids is 1. The van der Waals surface area contributed by atoms with E-state index in [0.717, 1.165) is 27.8 Å². The molecule has 9 heteroatoms. The molecular formula is C27H26N4O4S. The molecular weight excluding hydrogens is 476 g/mol. The lowest BCUT2D eigenvalue weighted by atomic mass is 10.1. The number of hydrogen-bond donors (Lipinski definition) is 2. The van der Waals surface area contributed by atoms with Crippen molar-refractivity contribution in [3.05, 3.63) is 101 Å². The molecule has 0 aliphatic carbocycles. The van der Waals surface area contributed by atoms with Crippen LogP contribution in [0.3, 0.4) is 0 Å². The van der Waals surface area contributed by atoms with Crippen molar-refractivity contribution >= 4 is 15.9 Å². The molecule has 2 aromatic heterocycles. The first-order chi connectivity index (χ1) is 17.2. The van der Waals surface area contributed by atoms with Crippen LogP contribution in [0.4, 0.5) is 0 Å². The molecule has 36 heavy (non-hydrogen) atoms. The summed E-state index contributed by atoms with van der Waals surface area (Å²) < 4.78 is 33.7. The number of carbonyl (C=O) groups is 1. The summed E-state index contributed by atoms with van der Waals surface area (Å²) in [6, 6.07) is 19.0. The van der Waals surface area contributed by atoms with E-state index in [2.05, 4.69) is 14.7 Å². The van der Waals surface area contributed by atoms with E-state index in [1.165, 1.54) is 24.4 Å². The molecule has 4 rings (SSSR count). The Hall–Kier alpha value is -4.08. The van der Waals surface area contributed by atoms with Crippen LogP contribution in [-0.2, 0) is 16.6 Å². The van der Waals surface area contributed by atoms with Gasteiger partial charge >= 0.3 is 0 Å². The molecule has 2 aromatic carbocycles. The minimum absolute atomic E-state index is 0.0147. The third kappa shape index (κ3) is 5.42.